The third kappa shape index (κ3) is 4.81. The summed E-state index contributed by atoms with van der Waals surface area (Å²) in [6.07, 6.45) is 0. The standard InChI is InChI=1S/C28H20BrN5O2S/c29-20-13-11-18(12-14-20)23(21(15-30)26(31)35)24-25(19-9-5-2-6-10-19)33-34(27(24)36)28-32-22(16-37-28)17-7-3-1-4-8-17/h1-14,16,21,23-24H,(H2,31,35)/t21-,23-,24+/m0/s1. The monoisotopic (exact) mass is 569 g/mol. The van der Waals surface area contributed by atoms with Gasteiger partial charge in [-0.05, 0) is 23.3 Å². The van der Waals surface area contributed by atoms with Crippen LogP contribution in [0.1, 0.15) is 17.0 Å². The highest BCUT2D eigenvalue weighted by Gasteiger charge is 2.48. The molecule has 2 amide bonds. The summed E-state index contributed by atoms with van der Waals surface area (Å²) in [4.78, 5) is 31.2. The average Bonchev–Trinajstić information content (AvgIpc) is 3.54. The number of carbonyl (C=O) groups is 2. The molecule has 1 aliphatic rings. The second kappa shape index (κ2) is 10.5. The number of benzene rings is 3. The van der Waals surface area contributed by atoms with E-state index in [-0.39, 0.29) is 5.91 Å². The highest BCUT2D eigenvalue weighted by atomic mass is 79.9. The summed E-state index contributed by atoms with van der Waals surface area (Å²) >= 11 is 4.72. The van der Waals surface area contributed by atoms with Crippen LogP contribution < -0.4 is 10.7 Å². The van der Waals surface area contributed by atoms with Gasteiger partial charge in [0.2, 0.25) is 11.0 Å². The van der Waals surface area contributed by atoms with Crippen molar-refractivity contribution in [2.45, 2.75) is 5.92 Å². The topological polar surface area (TPSA) is 112 Å². The van der Waals surface area contributed by atoms with E-state index in [2.05, 4.69) is 20.9 Å². The number of rotatable bonds is 7. The van der Waals surface area contributed by atoms with Gasteiger partial charge in [0.1, 0.15) is 5.92 Å². The zero-order chi connectivity index (χ0) is 25.9. The number of nitrogens with two attached hydrogens (primary N) is 1. The molecule has 3 atom stereocenters. The quantitative estimate of drug-likeness (QED) is 0.323. The van der Waals surface area contributed by atoms with E-state index in [4.69, 9.17) is 10.8 Å². The van der Waals surface area contributed by atoms with Crippen LogP contribution in [0.3, 0.4) is 0 Å². The summed E-state index contributed by atoms with van der Waals surface area (Å²) in [5, 5.41) is 18.2. The van der Waals surface area contributed by atoms with Crippen molar-refractivity contribution in [2.75, 3.05) is 5.01 Å². The minimum absolute atomic E-state index is 0.373. The number of carbonyl (C=O) groups excluding carboxylic acids is 2. The van der Waals surface area contributed by atoms with Crippen LogP contribution in [0.5, 0.6) is 0 Å². The SMILES string of the molecule is N#C[C@H](C(N)=O)[C@H](c1ccc(Br)cc1)[C@H]1C(=O)N(c2nc(-c3ccccc3)cs2)N=C1c1ccccc1. The predicted octanol–water partition coefficient (Wildman–Crippen LogP) is 5.35. The van der Waals surface area contributed by atoms with Gasteiger partial charge in [0.15, 0.2) is 0 Å². The lowest BCUT2D eigenvalue weighted by Crippen LogP contribution is -2.39. The molecule has 0 radical (unpaired) electrons. The van der Waals surface area contributed by atoms with E-state index in [9.17, 15) is 14.9 Å². The Morgan fingerprint density at radius 3 is 2.22 bits per heavy atom. The second-order valence-corrected chi connectivity index (χ2v) is 10.2. The smallest absolute Gasteiger partial charge is 0.259 e. The number of hydrazone groups is 1. The summed E-state index contributed by atoms with van der Waals surface area (Å²) in [6.45, 7) is 0. The number of thiazole rings is 1. The van der Waals surface area contributed by atoms with Gasteiger partial charge in [-0.15, -0.1) is 11.3 Å². The van der Waals surface area contributed by atoms with Gasteiger partial charge < -0.3 is 5.73 Å². The molecule has 9 heteroatoms. The fraction of sp³-hybridized carbons (Fsp3) is 0.107. The van der Waals surface area contributed by atoms with Gasteiger partial charge >= 0.3 is 0 Å². The van der Waals surface area contributed by atoms with Gasteiger partial charge in [-0.2, -0.15) is 15.4 Å². The number of hydrogen-bond acceptors (Lipinski definition) is 6. The number of anilines is 1. The predicted molar refractivity (Wildman–Crippen MR) is 147 cm³/mol. The molecule has 0 unspecified atom stereocenters. The first-order valence-corrected chi connectivity index (χ1v) is 13.1. The van der Waals surface area contributed by atoms with Crippen LogP contribution in [0.4, 0.5) is 5.13 Å². The van der Waals surface area contributed by atoms with Crippen LogP contribution in [-0.2, 0) is 9.59 Å². The van der Waals surface area contributed by atoms with Crippen LogP contribution in [0, 0.1) is 23.2 Å². The molecule has 0 aliphatic carbocycles. The first-order valence-electron chi connectivity index (χ1n) is 11.4. The van der Waals surface area contributed by atoms with Crippen LogP contribution in [-0.4, -0.2) is 22.5 Å². The number of primary amides is 1. The summed E-state index contributed by atoms with van der Waals surface area (Å²) < 4.78 is 0.829. The Morgan fingerprint density at radius 2 is 1.62 bits per heavy atom. The van der Waals surface area contributed by atoms with E-state index >= 15 is 0 Å². The molecule has 0 saturated carbocycles. The molecule has 0 fully saturated rings. The maximum Gasteiger partial charge on any atom is 0.259 e. The Labute approximate surface area is 226 Å². The number of nitriles is 1. The van der Waals surface area contributed by atoms with Crippen molar-refractivity contribution in [1.29, 1.82) is 5.26 Å². The Hall–Kier alpha value is -4.13. The zero-order valence-electron chi connectivity index (χ0n) is 19.4. The third-order valence-electron chi connectivity index (χ3n) is 6.21. The summed E-state index contributed by atoms with van der Waals surface area (Å²) in [6, 6.07) is 28.2. The second-order valence-electron chi connectivity index (χ2n) is 8.45. The first kappa shape index (κ1) is 24.6. The van der Waals surface area contributed by atoms with E-state index < -0.39 is 23.7 Å². The van der Waals surface area contributed by atoms with Crippen LogP contribution in [0.2, 0.25) is 0 Å². The van der Waals surface area contributed by atoms with Crippen molar-refractivity contribution >= 4 is 49.9 Å². The van der Waals surface area contributed by atoms with E-state index in [1.165, 1.54) is 16.3 Å². The molecule has 1 aliphatic heterocycles. The van der Waals surface area contributed by atoms with Gasteiger partial charge in [0, 0.05) is 21.3 Å². The van der Waals surface area contributed by atoms with Crippen molar-refractivity contribution in [3.8, 4) is 17.3 Å². The minimum Gasteiger partial charge on any atom is -0.369 e. The maximum absolute atomic E-state index is 14.1. The Bertz CT molecular complexity index is 1510. The molecule has 182 valence electrons. The molecule has 2 heterocycles. The fourth-order valence-electron chi connectivity index (χ4n) is 4.46. The van der Waals surface area contributed by atoms with E-state index in [0.29, 0.717) is 22.0 Å². The third-order valence-corrected chi connectivity index (χ3v) is 7.55. The molecule has 37 heavy (non-hydrogen) atoms. The van der Waals surface area contributed by atoms with E-state index in [1.54, 1.807) is 24.3 Å². The number of hydrogen-bond donors (Lipinski definition) is 1. The van der Waals surface area contributed by atoms with Crippen LogP contribution in [0.15, 0.2) is 99.9 Å². The number of nitrogens with zero attached hydrogens (tertiary/aromatic N) is 4. The molecule has 1 aromatic heterocycles. The van der Waals surface area contributed by atoms with Gasteiger partial charge in [-0.1, -0.05) is 88.7 Å². The molecule has 3 aromatic carbocycles. The lowest BCUT2D eigenvalue weighted by Gasteiger charge is -2.26. The van der Waals surface area contributed by atoms with Crippen molar-refractivity contribution < 1.29 is 9.59 Å². The van der Waals surface area contributed by atoms with Crippen molar-refractivity contribution in [3.63, 3.8) is 0 Å². The largest absolute Gasteiger partial charge is 0.369 e. The Morgan fingerprint density at radius 1 is 1.00 bits per heavy atom. The lowest BCUT2D eigenvalue weighted by molar-refractivity contribution is -0.123. The molecular weight excluding hydrogens is 550 g/mol. The molecule has 7 nitrogen and oxygen atoms in total. The van der Waals surface area contributed by atoms with Gasteiger partial charge in [0.25, 0.3) is 5.91 Å². The molecule has 4 aromatic rings. The summed E-state index contributed by atoms with van der Waals surface area (Å²) in [5.41, 5.74) is 9.14. The molecule has 5 rings (SSSR count). The molecule has 2 N–H and O–H groups in total. The molecule has 0 saturated heterocycles. The highest BCUT2D eigenvalue weighted by molar-refractivity contribution is 9.10. The minimum atomic E-state index is -1.25. The van der Waals surface area contributed by atoms with Crippen molar-refractivity contribution in [2.24, 2.45) is 22.7 Å². The first-order chi connectivity index (χ1) is 18.0. The molecular formula is C28H20BrN5O2S. The average molecular weight is 570 g/mol. The van der Waals surface area contributed by atoms with Crippen LogP contribution in [0.25, 0.3) is 11.3 Å². The van der Waals surface area contributed by atoms with E-state index in [1.807, 2.05) is 72.1 Å². The van der Waals surface area contributed by atoms with E-state index in [0.717, 1.165) is 15.7 Å². The summed E-state index contributed by atoms with van der Waals surface area (Å²) in [5.74, 6) is -4.19. The number of aromatic nitrogens is 1. The molecule has 0 bridgehead atoms. The van der Waals surface area contributed by atoms with Crippen molar-refractivity contribution in [1.82, 2.24) is 4.98 Å². The number of halogens is 1. The molecule has 0 spiro atoms. The van der Waals surface area contributed by atoms with Crippen molar-refractivity contribution in [3.05, 3.63) is 106 Å². The maximum atomic E-state index is 14.1. The van der Waals surface area contributed by atoms with Gasteiger partial charge in [0.05, 0.1) is 23.4 Å². The Balaban J connectivity index is 1.63. The van der Waals surface area contributed by atoms with Gasteiger partial charge in [-0.3, -0.25) is 9.59 Å². The Kier molecular flexibility index (Phi) is 6.95. The lowest BCUT2D eigenvalue weighted by atomic mass is 9.73. The fourth-order valence-corrected chi connectivity index (χ4v) is 5.51. The van der Waals surface area contributed by atoms with Crippen LogP contribution >= 0.6 is 27.3 Å². The number of amides is 2. The normalized spacial score (nSPS) is 16.6. The van der Waals surface area contributed by atoms with Gasteiger partial charge in [-0.25, -0.2) is 4.98 Å². The highest BCUT2D eigenvalue weighted by Crippen LogP contribution is 2.41. The zero-order valence-corrected chi connectivity index (χ0v) is 21.8. The summed E-state index contributed by atoms with van der Waals surface area (Å²) in [7, 11) is 0.